The van der Waals surface area contributed by atoms with E-state index in [9.17, 15) is 19.7 Å². The lowest BCUT2D eigenvalue weighted by Crippen LogP contribution is -2.18. The summed E-state index contributed by atoms with van der Waals surface area (Å²) in [5.74, 6) is 0.0890. The number of ether oxygens (including phenoxy) is 1. The van der Waals surface area contributed by atoms with Gasteiger partial charge in [0, 0.05) is 18.7 Å². The number of carbonyl (C=O) groups is 2. The number of nitrogens with zero attached hydrogens (tertiary/aromatic N) is 4. The lowest BCUT2D eigenvalue weighted by molar-refractivity contribution is -0.384. The Hall–Kier alpha value is -3.90. The minimum atomic E-state index is -0.579. The largest absolute Gasteiger partial charge is 0.495 e. The standard InChI is InChI=1S/C22H21ClN6O5S/c1-3-10-28-19(12-20(30)24-16-6-4-5-7-18(16)34-2)26-27-22(28)35-13-21(31)25-17-11-14(29(32)33)8-9-15(17)23/h3-9,11H,1,10,12-13H2,2H3,(H,24,30)(H,25,31). The van der Waals surface area contributed by atoms with E-state index in [2.05, 4.69) is 27.4 Å². The first-order valence-corrected chi connectivity index (χ1v) is 11.5. The van der Waals surface area contributed by atoms with Crippen molar-refractivity contribution in [2.75, 3.05) is 23.5 Å². The highest BCUT2D eigenvalue weighted by Crippen LogP contribution is 2.27. The molecule has 0 saturated heterocycles. The average Bonchev–Trinajstić information content (AvgIpc) is 3.20. The first-order valence-electron chi connectivity index (χ1n) is 10.1. The number of carbonyl (C=O) groups excluding carboxylic acids is 2. The highest BCUT2D eigenvalue weighted by atomic mass is 35.5. The van der Waals surface area contributed by atoms with Gasteiger partial charge in [-0.05, 0) is 18.2 Å². The van der Waals surface area contributed by atoms with Crippen LogP contribution in [0.5, 0.6) is 5.75 Å². The second-order valence-corrected chi connectivity index (χ2v) is 8.33. The van der Waals surface area contributed by atoms with Crippen LogP contribution in [0.3, 0.4) is 0 Å². The monoisotopic (exact) mass is 516 g/mol. The molecule has 0 atom stereocenters. The van der Waals surface area contributed by atoms with Crippen molar-refractivity contribution in [2.45, 2.75) is 18.1 Å². The van der Waals surface area contributed by atoms with Crippen LogP contribution in [0.15, 0.2) is 60.3 Å². The summed E-state index contributed by atoms with van der Waals surface area (Å²) in [5, 5.41) is 25.1. The van der Waals surface area contributed by atoms with Crippen molar-refractivity contribution >= 4 is 52.2 Å². The molecule has 2 N–H and O–H groups in total. The van der Waals surface area contributed by atoms with Gasteiger partial charge in [-0.25, -0.2) is 0 Å². The van der Waals surface area contributed by atoms with Gasteiger partial charge in [0.1, 0.15) is 11.6 Å². The zero-order valence-corrected chi connectivity index (χ0v) is 20.1. The van der Waals surface area contributed by atoms with E-state index in [1.807, 2.05) is 0 Å². The molecule has 0 unspecified atom stereocenters. The number of benzene rings is 2. The molecule has 3 rings (SSSR count). The van der Waals surface area contributed by atoms with Gasteiger partial charge in [0.15, 0.2) is 5.16 Å². The van der Waals surface area contributed by atoms with E-state index >= 15 is 0 Å². The second-order valence-electron chi connectivity index (χ2n) is 6.98. The summed E-state index contributed by atoms with van der Waals surface area (Å²) in [6, 6.07) is 10.8. The molecule has 1 heterocycles. The number of nitrogens with one attached hydrogen (secondary N) is 2. The van der Waals surface area contributed by atoms with Crippen molar-refractivity contribution in [3.8, 4) is 5.75 Å². The number of nitro benzene ring substituents is 1. The Kier molecular flexibility index (Phi) is 8.81. The third kappa shape index (κ3) is 6.80. The Morgan fingerprint density at radius 1 is 1.20 bits per heavy atom. The Bertz CT molecular complexity index is 1260. The molecule has 35 heavy (non-hydrogen) atoms. The first-order chi connectivity index (χ1) is 16.8. The highest BCUT2D eigenvalue weighted by molar-refractivity contribution is 7.99. The number of aromatic nitrogens is 3. The number of non-ortho nitro benzene ring substituents is 1. The SMILES string of the molecule is C=CCn1c(CC(=O)Nc2ccccc2OC)nnc1SCC(=O)Nc1cc([N+](=O)[O-])ccc1Cl. The van der Waals surface area contributed by atoms with E-state index in [4.69, 9.17) is 16.3 Å². The fourth-order valence-electron chi connectivity index (χ4n) is 2.99. The molecule has 0 fully saturated rings. The third-order valence-electron chi connectivity index (χ3n) is 4.57. The van der Waals surface area contributed by atoms with Crippen molar-refractivity contribution < 1.29 is 19.2 Å². The van der Waals surface area contributed by atoms with Gasteiger partial charge >= 0.3 is 0 Å². The summed E-state index contributed by atoms with van der Waals surface area (Å²) in [7, 11) is 1.51. The summed E-state index contributed by atoms with van der Waals surface area (Å²) in [5.41, 5.74) is 0.465. The summed E-state index contributed by atoms with van der Waals surface area (Å²) in [6.07, 6.45) is 1.56. The molecular formula is C22H21ClN6O5S. The highest BCUT2D eigenvalue weighted by Gasteiger charge is 2.18. The molecule has 0 saturated carbocycles. The first kappa shape index (κ1) is 25.7. The van der Waals surface area contributed by atoms with Crippen molar-refractivity contribution in [3.05, 3.63) is 76.1 Å². The van der Waals surface area contributed by atoms with Gasteiger partial charge in [-0.3, -0.25) is 19.7 Å². The maximum atomic E-state index is 12.6. The maximum Gasteiger partial charge on any atom is 0.271 e. The quantitative estimate of drug-likeness (QED) is 0.169. The fourth-order valence-corrected chi connectivity index (χ4v) is 3.93. The number of anilines is 2. The molecule has 11 nitrogen and oxygen atoms in total. The molecule has 0 aliphatic carbocycles. The molecule has 3 aromatic rings. The van der Waals surface area contributed by atoms with Gasteiger partial charge in [-0.2, -0.15) is 0 Å². The van der Waals surface area contributed by atoms with E-state index in [-0.39, 0.29) is 34.5 Å². The Morgan fingerprint density at radius 3 is 2.66 bits per heavy atom. The van der Waals surface area contributed by atoms with Crippen molar-refractivity contribution in [1.82, 2.24) is 14.8 Å². The number of nitro groups is 1. The zero-order chi connectivity index (χ0) is 25.4. The third-order valence-corrected chi connectivity index (χ3v) is 5.87. The molecule has 1 aromatic heterocycles. The summed E-state index contributed by atoms with van der Waals surface area (Å²) < 4.78 is 6.92. The molecule has 13 heteroatoms. The molecule has 0 radical (unpaired) electrons. The van der Waals surface area contributed by atoms with E-state index in [0.717, 1.165) is 11.8 Å². The second kappa shape index (κ2) is 12.0. The van der Waals surface area contributed by atoms with Crippen molar-refractivity contribution in [2.24, 2.45) is 0 Å². The van der Waals surface area contributed by atoms with Gasteiger partial charge in [0.2, 0.25) is 11.8 Å². The van der Waals surface area contributed by atoms with E-state index in [1.54, 1.807) is 34.9 Å². The number of hydrogen-bond donors (Lipinski definition) is 2. The van der Waals surface area contributed by atoms with Crippen LogP contribution < -0.4 is 15.4 Å². The molecule has 182 valence electrons. The van der Waals surface area contributed by atoms with Crippen LogP contribution in [0.1, 0.15) is 5.82 Å². The smallest absolute Gasteiger partial charge is 0.271 e. The summed E-state index contributed by atoms with van der Waals surface area (Å²) in [4.78, 5) is 35.4. The maximum absolute atomic E-state index is 12.6. The molecule has 0 bridgehead atoms. The molecule has 2 amide bonds. The normalized spacial score (nSPS) is 10.5. The van der Waals surface area contributed by atoms with Crippen LogP contribution in [0.4, 0.5) is 17.1 Å². The number of thioether (sulfide) groups is 1. The zero-order valence-electron chi connectivity index (χ0n) is 18.6. The lowest BCUT2D eigenvalue weighted by atomic mass is 10.2. The minimum Gasteiger partial charge on any atom is -0.495 e. The molecular weight excluding hydrogens is 496 g/mol. The van der Waals surface area contributed by atoms with Gasteiger partial charge in [0.05, 0.1) is 40.6 Å². The average molecular weight is 517 g/mol. The van der Waals surface area contributed by atoms with Crippen LogP contribution in [0.2, 0.25) is 5.02 Å². The predicted octanol–water partition coefficient (Wildman–Crippen LogP) is 3.95. The fraction of sp³-hybridized carbons (Fsp3) is 0.182. The van der Waals surface area contributed by atoms with E-state index in [0.29, 0.717) is 29.0 Å². The Balaban J connectivity index is 1.65. The Morgan fingerprint density at radius 2 is 1.94 bits per heavy atom. The molecule has 0 aliphatic rings. The molecule has 0 aliphatic heterocycles. The van der Waals surface area contributed by atoms with Crippen LogP contribution in [-0.2, 0) is 22.6 Å². The van der Waals surface area contributed by atoms with Crippen LogP contribution in [0.25, 0.3) is 0 Å². The number of allylic oxidation sites excluding steroid dienone is 1. The topological polar surface area (TPSA) is 141 Å². The number of hydrogen-bond acceptors (Lipinski definition) is 8. The van der Waals surface area contributed by atoms with Gasteiger partial charge in [-0.1, -0.05) is 41.6 Å². The Labute approximate surface area is 209 Å². The molecule has 0 spiro atoms. The number of amides is 2. The minimum absolute atomic E-state index is 0.0606. The van der Waals surface area contributed by atoms with Gasteiger partial charge in [-0.15, -0.1) is 16.8 Å². The summed E-state index contributed by atoms with van der Waals surface area (Å²) in [6.45, 7) is 4.04. The number of para-hydroxylation sites is 2. The van der Waals surface area contributed by atoms with Crippen LogP contribution >= 0.6 is 23.4 Å². The number of rotatable bonds is 11. The van der Waals surface area contributed by atoms with Gasteiger partial charge < -0.3 is 19.9 Å². The van der Waals surface area contributed by atoms with Gasteiger partial charge in [0.25, 0.3) is 5.69 Å². The predicted molar refractivity (Wildman–Crippen MR) is 133 cm³/mol. The van der Waals surface area contributed by atoms with Crippen LogP contribution in [-0.4, -0.2) is 44.4 Å². The van der Waals surface area contributed by atoms with Crippen molar-refractivity contribution in [1.29, 1.82) is 0 Å². The van der Waals surface area contributed by atoms with E-state index in [1.165, 1.54) is 25.3 Å². The lowest BCUT2D eigenvalue weighted by Gasteiger charge is -2.11. The van der Waals surface area contributed by atoms with Crippen LogP contribution in [0, 0.1) is 10.1 Å². The molecule has 2 aromatic carbocycles. The summed E-state index contributed by atoms with van der Waals surface area (Å²) >= 11 is 7.12. The van der Waals surface area contributed by atoms with Crippen molar-refractivity contribution in [3.63, 3.8) is 0 Å². The van der Waals surface area contributed by atoms with E-state index < -0.39 is 10.8 Å². The number of halogens is 1. The number of methoxy groups -OCH3 is 1.